The molecule has 0 aromatic heterocycles. The van der Waals surface area contributed by atoms with Gasteiger partial charge < -0.3 is 15.2 Å². The van der Waals surface area contributed by atoms with Crippen molar-refractivity contribution in [2.45, 2.75) is 51.0 Å². The van der Waals surface area contributed by atoms with E-state index in [1.54, 1.807) is 12.1 Å². The first-order chi connectivity index (χ1) is 12.7. The summed E-state index contributed by atoms with van der Waals surface area (Å²) in [6.45, 7) is 3.00. The Bertz CT molecular complexity index is 792. The van der Waals surface area contributed by atoms with E-state index in [2.05, 4.69) is 23.5 Å². The van der Waals surface area contributed by atoms with Crippen molar-refractivity contribution >= 4 is 11.7 Å². The number of nitrogens with one attached hydrogen (secondary N) is 1. The number of benzene rings is 2. The second-order valence-electron chi connectivity index (χ2n) is 7.33. The normalized spacial score (nSPS) is 16.3. The number of para-hydroxylation sites is 1. The van der Waals surface area contributed by atoms with Crippen molar-refractivity contribution in [1.82, 2.24) is 0 Å². The highest BCUT2D eigenvalue weighted by atomic mass is 16.5. The van der Waals surface area contributed by atoms with Crippen LogP contribution >= 0.6 is 0 Å². The molecule has 0 aliphatic heterocycles. The number of carbonyl (C=O) groups is 1. The van der Waals surface area contributed by atoms with Gasteiger partial charge in [-0.2, -0.15) is 0 Å². The summed E-state index contributed by atoms with van der Waals surface area (Å²) >= 11 is 0. The van der Waals surface area contributed by atoms with Gasteiger partial charge in [0.05, 0.1) is 17.9 Å². The third kappa shape index (κ3) is 3.69. The first-order valence-corrected chi connectivity index (χ1v) is 9.52. The van der Waals surface area contributed by atoms with Crippen molar-refractivity contribution in [2.75, 3.05) is 11.9 Å². The van der Waals surface area contributed by atoms with Crippen LogP contribution in [-0.2, 0) is 6.54 Å². The molecule has 2 saturated carbocycles. The zero-order valence-corrected chi connectivity index (χ0v) is 15.1. The summed E-state index contributed by atoms with van der Waals surface area (Å²) in [5.41, 5.74) is 4.92. The van der Waals surface area contributed by atoms with Crippen LogP contribution in [0.1, 0.15) is 71.5 Å². The molecule has 4 rings (SSSR count). The Labute approximate surface area is 154 Å². The van der Waals surface area contributed by atoms with E-state index in [1.807, 2.05) is 13.0 Å². The molecule has 0 unspecified atom stereocenters. The topological polar surface area (TPSA) is 58.6 Å². The lowest BCUT2D eigenvalue weighted by Gasteiger charge is -2.16. The molecule has 0 saturated heterocycles. The molecule has 0 bridgehead atoms. The molecule has 0 heterocycles. The molecule has 4 nitrogen and oxygen atoms in total. The highest BCUT2D eigenvalue weighted by molar-refractivity contribution is 5.96. The molecule has 4 heteroatoms. The van der Waals surface area contributed by atoms with Crippen LogP contribution in [0.3, 0.4) is 0 Å². The largest absolute Gasteiger partial charge is 0.492 e. The van der Waals surface area contributed by atoms with E-state index in [0.29, 0.717) is 24.6 Å². The Hall–Kier alpha value is -2.49. The molecule has 2 aliphatic carbocycles. The lowest BCUT2D eigenvalue weighted by molar-refractivity contribution is 0.0697. The van der Waals surface area contributed by atoms with Crippen LogP contribution in [0, 0.1) is 0 Å². The van der Waals surface area contributed by atoms with Gasteiger partial charge in [-0.1, -0.05) is 24.3 Å². The standard InChI is InChI=1S/C22H25NO3/c1-2-26-20-5-3-4-19(22(24)25)21(20)23-13-14-10-17(15-6-7-15)12-18(11-14)16-8-9-16/h3-5,10-12,15-16,23H,2,6-9,13H2,1H3,(H,24,25). The van der Waals surface area contributed by atoms with Crippen LogP contribution in [0.25, 0.3) is 0 Å². The molecule has 0 atom stereocenters. The van der Waals surface area contributed by atoms with E-state index in [0.717, 1.165) is 11.8 Å². The van der Waals surface area contributed by atoms with Gasteiger partial charge in [0.2, 0.25) is 0 Å². The molecule has 26 heavy (non-hydrogen) atoms. The van der Waals surface area contributed by atoms with E-state index in [-0.39, 0.29) is 5.56 Å². The van der Waals surface area contributed by atoms with Gasteiger partial charge in [0.1, 0.15) is 5.75 Å². The zero-order valence-electron chi connectivity index (χ0n) is 15.1. The SMILES string of the molecule is CCOc1cccc(C(=O)O)c1NCc1cc(C2CC2)cc(C2CC2)c1. The molecule has 0 radical (unpaired) electrons. The van der Waals surface area contributed by atoms with Crippen LogP contribution in [0.4, 0.5) is 5.69 Å². The van der Waals surface area contributed by atoms with Gasteiger partial charge >= 0.3 is 5.97 Å². The fraction of sp³-hybridized carbons (Fsp3) is 0.409. The maximum absolute atomic E-state index is 11.6. The Morgan fingerprint density at radius 2 is 1.77 bits per heavy atom. The number of rotatable bonds is 8. The van der Waals surface area contributed by atoms with E-state index >= 15 is 0 Å². The summed E-state index contributed by atoms with van der Waals surface area (Å²) in [5, 5.41) is 12.8. The average Bonchev–Trinajstić information content (AvgIpc) is 3.52. The smallest absolute Gasteiger partial charge is 0.337 e. The monoisotopic (exact) mass is 351 g/mol. The zero-order chi connectivity index (χ0) is 18.1. The summed E-state index contributed by atoms with van der Waals surface area (Å²) in [6, 6.07) is 12.1. The third-order valence-electron chi connectivity index (χ3n) is 5.16. The second-order valence-corrected chi connectivity index (χ2v) is 7.33. The maximum Gasteiger partial charge on any atom is 0.337 e. The van der Waals surface area contributed by atoms with E-state index in [9.17, 15) is 9.90 Å². The first-order valence-electron chi connectivity index (χ1n) is 9.52. The quantitative estimate of drug-likeness (QED) is 0.690. The number of hydrogen-bond acceptors (Lipinski definition) is 3. The van der Waals surface area contributed by atoms with Crippen molar-refractivity contribution in [1.29, 1.82) is 0 Å². The van der Waals surface area contributed by atoms with Crippen LogP contribution in [0.15, 0.2) is 36.4 Å². The van der Waals surface area contributed by atoms with Gasteiger partial charge in [0.25, 0.3) is 0 Å². The number of hydrogen-bond donors (Lipinski definition) is 2. The molecular formula is C22H25NO3. The molecule has 2 N–H and O–H groups in total. The van der Waals surface area contributed by atoms with Gasteiger partial charge in [-0.05, 0) is 73.3 Å². The van der Waals surface area contributed by atoms with Crippen molar-refractivity contribution in [3.63, 3.8) is 0 Å². The van der Waals surface area contributed by atoms with Gasteiger partial charge in [0.15, 0.2) is 0 Å². The Morgan fingerprint density at radius 1 is 1.12 bits per heavy atom. The first kappa shape index (κ1) is 17.0. The Morgan fingerprint density at radius 3 is 2.31 bits per heavy atom. The van der Waals surface area contributed by atoms with Crippen molar-refractivity contribution in [3.8, 4) is 5.75 Å². The minimum Gasteiger partial charge on any atom is -0.492 e. The Kier molecular flexibility index (Phi) is 4.58. The summed E-state index contributed by atoms with van der Waals surface area (Å²) in [6.07, 6.45) is 5.16. The summed E-state index contributed by atoms with van der Waals surface area (Å²) in [4.78, 5) is 11.6. The molecule has 0 amide bonds. The minimum atomic E-state index is -0.945. The summed E-state index contributed by atoms with van der Waals surface area (Å²) < 4.78 is 5.63. The lowest BCUT2D eigenvalue weighted by atomic mass is 9.99. The average molecular weight is 351 g/mol. The van der Waals surface area contributed by atoms with Gasteiger partial charge in [0, 0.05) is 6.54 Å². The minimum absolute atomic E-state index is 0.247. The number of carboxylic acids is 1. The highest BCUT2D eigenvalue weighted by Gasteiger charge is 2.28. The number of aromatic carboxylic acids is 1. The molecule has 2 aromatic carbocycles. The fourth-order valence-corrected chi connectivity index (χ4v) is 3.51. The number of ether oxygens (including phenoxy) is 1. The summed E-state index contributed by atoms with van der Waals surface area (Å²) in [5.74, 6) is 1.09. The van der Waals surface area contributed by atoms with Crippen LogP contribution in [-0.4, -0.2) is 17.7 Å². The molecule has 2 fully saturated rings. The van der Waals surface area contributed by atoms with Crippen LogP contribution < -0.4 is 10.1 Å². The maximum atomic E-state index is 11.6. The number of anilines is 1. The van der Waals surface area contributed by atoms with Crippen LogP contribution in [0.2, 0.25) is 0 Å². The van der Waals surface area contributed by atoms with Crippen LogP contribution in [0.5, 0.6) is 5.75 Å². The van der Waals surface area contributed by atoms with Gasteiger partial charge in [-0.3, -0.25) is 0 Å². The van der Waals surface area contributed by atoms with Crippen molar-refractivity contribution in [2.24, 2.45) is 0 Å². The van der Waals surface area contributed by atoms with E-state index in [1.165, 1.54) is 42.4 Å². The van der Waals surface area contributed by atoms with Crippen molar-refractivity contribution in [3.05, 3.63) is 58.7 Å². The fourth-order valence-electron chi connectivity index (χ4n) is 3.51. The predicted molar refractivity (Wildman–Crippen MR) is 102 cm³/mol. The van der Waals surface area contributed by atoms with Crippen molar-refractivity contribution < 1.29 is 14.6 Å². The van der Waals surface area contributed by atoms with Gasteiger partial charge in [-0.15, -0.1) is 0 Å². The lowest BCUT2D eigenvalue weighted by Crippen LogP contribution is -2.09. The molecule has 0 spiro atoms. The molecule has 2 aromatic rings. The molecule has 136 valence electrons. The summed E-state index contributed by atoms with van der Waals surface area (Å²) in [7, 11) is 0. The second kappa shape index (κ2) is 7.02. The Balaban J connectivity index is 1.60. The molecular weight excluding hydrogens is 326 g/mol. The van der Waals surface area contributed by atoms with Gasteiger partial charge in [-0.25, -0.2) is 4.79 Å². The molecule has 2 aliphatic rings. The predicted octanol–water partition coefficient (Wildman–Crippen LogP) is 5.15. The highest BCUT2D eigenvalue weighted by Crippen LogP contribution is 2.45. The van der Waals surface area contributed by atoms with E-state index < -0.39 is 5.97 Å². The van der Waals surface area contributed by atoms with E-state index in [4.69, 9.17) is 4.74 Å². The number of carboxylic acid groups (broad SMARTS) is 1. The third-order valence-corrected chi connectivity index (χ3v) is 5.16.